The Balaban J connectivity index is 2.00. The molecule has 0 spiro atoms. The lowest BCUT2D eigenvalue weighted by Gasteiger charge is -2.22. The lowest BCUT2D eigenvalue weighted by molar-refractivity contribution is -0.139. The quantitative estimate of drug-likeness (QED) is 0.851. The fraction of sp³-hybridized carbons (Fsp3) is 0.538. The summed E-state index contributed by atoms with van der Waals surface area (Å²) in [4.78, 5) is 0. The van der Waals surface area contributed by atoms with Crippen LogP contribution in [0.4, 0.5) is 23.2 Å². The van der Waals surface area contributed by atoms with Crippen LogP contribution >= 0.6 is 0 Å². The Hall–Kier alpha value is -1.30. The molecule has 0 radical (unpaired) electrons. The summed E-state index contributed by atoms with van der Waals surface area (Å²) in [7, 11) is 0. The first-order valence-corrected chi connectivity index (χ1v) is 6.15. The Kier molecular flexibility index (Phi) is 4.29. The van der Waals surface area contributed by atoms with Gasteiger partial charge >= 0.3 is 6.18 Å². The molecule has 0 amide bonds. The van der Waals surface area contributed by atoms with Gasteiger partial charge in [0.15, 0.2) is 0 Å². The lowest BCUT2D eigenvalue weighted by atomic mass is 10.0. The van der Waals surface area contributed by atoms with Crippen molar-refractivity contribution in [2.45, 2.75) is 19.0 Å². The van der Waals surface area contributed by atoms with Crippen molar-refractivity contribution >= 4 is 5.69 Å². The zero-order chi connectivity index (χ0) is 13.9. The van der Waals surface area contributed by atoms with E-state index >= 15 is 0 Å². The van der Waals surface area contributed by atoms with Crippen LogP contribution in [0.1, 0.15) is 18.4 Å². The Morgan fingerprint density at radius 1 is 1.21 bits per heavy atom. The van der Waals surface area contributed by atoms with Crippen molar-refractivity contribution in [1.82, 2.24) is 0 Å². The second kappa shape index (κ2) is 5.77. The van der Waals surface area contributed by atoms with Crippen molar-refractivity contribution < 1.29 is 22.3 Å². The summed E-state index contributed by atoms with van der Waals surface area (Å²) in [5.74, 6) is -0.864. The van der Waals surface area contributed by atoms with Gasteiger partial charge in [-0.2, -0.15) is 13.2 Å². The number of rotatable bonds is 3. The van der Waals surface area contributed by atoms with Crippen LogP contribution in [-0.4, -0.2) is 19.8 Å². The van der Waals surface area contributed by atoms with Gasteiger partial charge in [0.2, 0.25) is 0 Å². The van der Waals surface area contributed by atoms with Gasteiger partial charge in [0, 0.05) is 25.4 Å². The maximum Gasteiger partial charge on any atom is 0.419 e. The molecule has 0 aliphatic carbocycles. The van der Waals surface area contributed by atoms with Crippen LogP contribution in [0.3, 0.4) is 0 Å². The highest BCUT2D eigenvalue weighted by Gasteiger charge is 2.34. The second-order valence-corrected chi connectivity index (χ2v) is 4.63. The zero-order valence-electron chi connectivity index (χ0n) is 10.3. The highest BCUT2D eigenvalue weighted by atomic mass is 19.4. The van der Waals surface area contributed by atoms with Gasteiger partial charge in [0.1, 0.15) is 5.82 Å². The molecular weight excluding hydrogens is 262 g/mol. The maximum absolute atomic E-state index is 13.1. The third kappa shape index (κ3) is 3.83. The predicted octanol–water partition coefficient (Wildman–Crippen LogP) is 3.68. The molecule has 106 valence electrons. The summed E-state index contributed by atoms with van der Waals surface area (Å²) in [6, 6.07) is 2.98. The largest absolute Gasteiger partial charge is 0.419 e. The molecule has 1 aliphatic heterocycles. The summed E-state index contributed by atoms with van der Waals surface area (Å²) in [5, 5.41) is 2.93. The molecule has 1 aliphatic rings. The van der Waals surface area contributed by atoms with Crippen LogP contribution in [0, 0.1) is 11.7 Å². The van der Waals surface area contributed by atoms with Crippen LogP contribution in [0.25, 0.3) is 0 Å². The number of halogens is 4. The monoisotopic (exact) mass is 277 g/mol. The SMILES string of the molecule is Fc1ccc(NCC2CCOCC2)cc1C(F)(F)F. The first-order valence-electron chi connectivity index (χ1n) is 6.15. The van der Waals surface area contributed by atoms with E-state index in [1.807, 2.05) is 0 Å². The molecule has 0 atom stereocenters. The second-order valence-electron chi connectivity index (χ2n) is 4.63. The molecule has 1 aromatic carbocycles. The average Bonchev–Trinajstić information content (AvgIpc) is 2.37. The molecule has 1 aromatic rings. The summed E-state index contributed by atoms with van der Waals surface area (Å²) >= 11 is 0. The topological polar surface area (TPSA) is 21.3 Å². The zero-order valence-corrected chi connectivity index (χ0v) is 10.3. The molecule has 0 aromatic heterocycles. The molecule has 2 rings (SSSR count). The molecular formula is C13H15F4NO. The molecule has 0 bridgehead atoms. The predicted molar refractivity (Wildman–Crippen MR) is 63.4 cm³/mol. The minimum absolute atomic E-state index is 0.292. The highest BCUT2D eigenvalue weighted by Crippen LogP contribution is 2.33. The molecule has 1 N–H and O–H groups in total. The van der Waals surface area contributed by atoms with Crippen LogP contribution in [0.2, 0.25) is 0 Å². The Morgan fingerprint density at radius 2 is 1.89 bits per heavy atom. The summed E-state index contributed by atoms with van der Waals surface area (Å²) in [6.45, 7) is 1.94. The summed E-state index contributed by atoms with van der Waals surface area (Å²) in [5.41, 5.74) is -0.940. The van der Waals surface area contributed by atoms with Crippen molar-refractivity contribution in [3.63, 3.8) is 0 Å². The number of nitrogens with one attached hydrogen (secondary N) is 1. The minimum Gasteiger partial charge on any atom is -0.385 e. The van der Waals surface area contributed by atoms with Crippen LogP contribution in [0.5, 0.6) is 0 Å². The Bertz CT molecular complexity index is 427. The number of ether oxygens (including phenoxy) is 1. The molecule has 0 unspecified atom stereocenters. The first-order chi connectivity index (χ1) is 8.97. The van der Waals surface area contributed by atoms with Gasteiger partial charge in [-0.3, -0.25) is 0 Å². The smallest absolute Gasteiger partial charge is 0.385 e. The fourth-order valence-electron chi connectivity index (χ4n) is 2.07. The van der Waals surface area contributed by atoms with Crippen LogP contribution in [0.15, 0.2) is 18.2 Å². The number of anilines is 1. The third-order valence-corrected chi connectivity index (χ3v) is 3.21. The van der Waals surface area contributed by atoms with Gasteiger partial charge in [0.25, 0.3) is 0 Å². The fourth-order valence-corrected chi connectivity index (χ4v) is 2.07. The van der Waals surface area contributed by atoms with Crippen LogP contribution < -0.4 is 5.32 Å². The molecule has 19 heavy (non-hydrogen) atoms. The Labute approximate surface area is 108 Å². The van der Waals surface area contributed by atoms with Crippen molar-refractivity contribution in [2.24, 2.45) is 5.92 Å². The minimum atomic E-state index is -4.67. The number of hydrogen-bond donors (Lipinski definition) is 1. The van der Waals surface area contributed by atoms with E-state index in [0.717, 1.165) is 25.0 Å². The van der Waals surface area contributed by atoms with Crippen molar-refractivity contribution in [3.8, 4) is 0 Å². The van der Waals surface area contributed by atoms with E-state index in [4.69, 9.17) is 4.74 Å². The standard InChI is InChI=1S/C13H15F4NO/c14-12-2-1-10(7-11(12)13(15,16)17)18-8-9-3-5-19-6-4-9/h1-2,7,9,18H,3-6,8H2. The Morgan fingerprint density at radius 3 is 2.53 bits per heavy atom. The van der Waals surface area contributed by atoms with E-state index in [-0.39, 0.29) is 0 Å². The van der Waals surface area contributed by atoms with E-state index in [2.05, 4.69) is 5.32 Å². The molecule has 6 heteroatoms. The lowest BCUT2D eigenvalue weighted by Crippen LogP contribution is -2.22. The molecule has 1 fully saturated rings. The van der Waals surface area contributed by atoms with E-state index in [9.17, 15) is 17.6 Å². The number of alkyl halides is 3. The van der Waals surface area contributed by atoms with Gasteiger partial charge < -0.3 is 10.1 Å². The van der Waals surface area contributed by atoms with E-state index in [1.165, 1.54) is 6.07 Å². The number of hydrogen-bond acceptors (Lipinski definition) is 2. The molecule has 1 heterocycles. The number of benzene rings is 1. The van der Waals surface area contributed by atoms with E-state index in [0.29, 0.717) is 31.4 Å². The molecule has 2 nitrogen and oxygen atoms in total. The summed E-state index contributed by atoms with van der Waals surface area (Å²) in [6.07, 6.45) is -2.89. The van der Waals surface area contributed by atoms with Gasteiger partial charge in [-0.1, -0.05) is 0 Å². The van der Waals surface area contributed by atoms with Crippen molar-refractivity contribution in [1.29, 1.82) is 0 Å². The van der Waals surface area contributed by atoms with E-state index in [1.54, 1.807) is 0 Å². The maximum atomic E-state index is 13.1. The van der Waals surface area contributed by atoms with Gasteiger partial charge in [-0.05, 0) is 37.0 Å². The highest BCUT2D eigenvalue weighted by molar-refractivity contribution is 5.47. The molecule has 1 saturated heterocycles. The van der Waals surface area contributed by atoms with Gasteiger partial charge in [-0.15, -0.1) is 0 Å². The first kappa shape index (κ1) is 14.1. The summed E-state index contributed by atoms with van der Waals surface area (Å²) < 4.78 is 55.9. The van der Waals surface area contributed by atoms with Crippen molar-refractivity contribution in [2.75, 3.05) is 25.1 Å². The van der Waals surface area contributed by atoms with Gasteiger partial charge in [0.05, 0.1) is 5.56 Å². The average molecular weight is 277 g/mol. The van der Waals surface area contributed by atoms with Crippen LogP contribution in [-0.2, 0) is 10.9 Å². The van der Waals surface area contributed by atoms with Crippen molar-refractivity contribution in [3.05, 3.63) is 29.6 Å². The van der Waals surface area contributed by atoms with E-state index < -0.39 is 17.6 Å². The normalized spacial score (nSPS) is 17.5. The third-order valence-electron chi connectivity index (χ3n) is 3.21. The van der Waals surface area contributed by atoms with Gasteiger partial charge in [-0.25, -0.2) is 4.39 Å². The molecule has 0 saturated carbocycles.